The van der Waals surface area contributed by atoms with Gasteiger partial charge < -0.3 is 4.74 Å². The molecule has 0 saturated carbocycles. The van der Waals surface area contributed by atoms with Crippen LogP contribution < -0.4 is 4.74 Å². The third-order valence-electron chi connectivity index (χ3n) is 2.47. The number of ether oxygens (including phenoxy) is 1. The molecule has 0 unspecified atom stereocenters. The van der Waals surface area contributed by atoms with E-state index in [1.165, 1.54) is 31.5 Å². The van der Waals surface area contributed by atoms with Crippen LogP contribution in [0.5, 0.6) is 5.75 Å². The first-order valence-corrected chi connectivity index (χ1v) is 5.96. The maximum Gasteiger partial charge on any atom is 0.296 e. The zero-order chi connectivity index (χ0) is 14.0. The highest BCUT2D eigenvalue weighted by Crippen LogP contribution is 2.34. The minimum Gasteiger partial charge on any atom is -0.494 e. The van der Waals surface area contributed by atoms with E-state index in [0.29, 0.717) is 4.47 Å². The van der Waals surface area contributed by atoms with Gasteiger partial charge in [0.05, 0.1) is 12.0 Å². The number of rotatable bonds is 3. The largest absolute Gasteiger partial charge is 0.494 e. The van der Waals surface area contributed by atoms with E-state index in [0.717, 1.165) is 0 Å². The summed E-state index contributed by atoms with van der Waals surface area (Å²) >= 11 is 3.10. The number of hydrogen-bond acceptors (Lipinski definition) is 4. The molecule has 0 aliphatic carbocycles. The molecule has 0 spiro atoms. The number of aromatic nitrogens is 1. The van der Waals surface area contributed by atoms with Gasteiger partial charge in [-0.25, -0.2) is 9.37 Å². The zero-order valence-corrected chi connectivity index (χ0v) is 11.3. The molecule has 7 heteroatoms. The molecule has 5 nitrogen and oxygen atoms in total. The third kappa shape index (κ3) is 2.55. The summed E-state index contributed by atoms with van der Waals surface area (Å²) in [6, 6.07) is 5.68. The second-order valence-electron chi connectivity index (χ2n) is 3.60. The smallest absolute Gasteiger partial charge is 0.296 e. The lowest BCUT2D eigenvalue weighted by atomic mass is 10.1. The van der Waals surface area contributed by atoms with E-state index in [4.69, 9.17) is 4.74 Å². The van der Waals surface area contributed by atoms with Crippen molar-refractivity contribution in [1.82, 2.24) is 4.98 Å². The van der Waals surface area contributed by atoms with E-state index >= 15 is 0 Å². The summed E-state index contributed by atoms with van der Waals surface area (Å²) in [5, 5.41) is 11.0. The van der Waals surface area contributed by atoms with Crippen molar-refractivity contribution >= 4 is 21.6 Å². The molecule has 1 aromatic heterocycles. The molecule has 98 valence electrons. The minimum atomic E-state index is -0.678. The summed E-state index contributed by atoms with van der Waals surface area (Å²) in [6.07, 6.45) is 1.38. The first-order valence-electron chi connectivity index (χ1n) is 5.17. The van der Waals surface area contributed by atoms with E-state index in [-0.39, 0.29) is 22.7 Å². The molecule has 0 radical (unpaired) electrons. The van der Waals surface area contributed by atoms with E-state index < -0.39 is 10.7 Å². The molecular weight excluding hydrogens is 319 g/mol. The maximum absolute atomic E-state index is 14.1. The lowest BCUT2D eigenvalue weighted by molar-refractivity contribution is -0.384. The van der Waals surface area contributed by atoms with Crippen molar-refractivity contribution < 1.29 is 14.1 Å². The predicted octanol–water partition coefficient (Wildman–Crippen LogP) is 3.57. The van der Waals surface area contributed by atoms with Gasteiger partial charge in [0.1, 0.15) is 0 Å². The molecule has 0 bridgehead atoms. The van der Waals surface area contributed by atoms with E-state index in [1.807, 2.05) is 0 Å². The highest BCUT2D eigenvalue weighted by atomic mass is 79.9. The van der Waals surface area contributed by atoms with Crippen LogP contribution >= 0.6 is 15.9 Å². The monoisotopic (exact) mass is 326 g/mol. The average Bonchev–Trinajstić information content (AvgIpc) is 2.39. The summed E-state index contributed by atoms with van der Waals surface area (Å²) in [5.41, 5.74) is -0.287. The van der Waals surface area contributed by atoms with Crippen LogP contribution in [-0.4, -0.2) is 17.0 Å². The molecule has 0 saturated heterocycles. The topological polar surface area (TPSA) is 65.3 Å². The molecule has 0 aliphatic heterocycles. The SMILES string of the molecule is COc1cccc(-c2ncc(Br)cc2[N+](=O)[O-])c1F. The molecule has 2 aromatic rings. The quantitative estimate of drug-likeness (QED) is 0.638. The number of benzene rings is 1. The standard InChI is InChI=1S/C12H8BrFN2O3/c1-19-10-4-2-3-8(11(10)14)12-9(16(17)18)5-7(13)6-15-12/h2-6H,1H3. The van der Waals surface area contributed by atoms with E-state index in [9.17, 15) is 14.5 Å². The number of hydrogen-bond donors (Lipinski definition) is 0. The van der Waals surface area contributed by atoms with Gasteiger partial charge in [0.2, 0.25) is 0 Å². The van der Waals surface area contributed by atoms with Crippen molar-refractivity contribution in [2.45, 2.75) is 0 Å². The summed E-state index contributed by atoms with van der Waals surface area (Å²) in [4.78, 5) is 14.3. The van der Waals surface area contributed by atoms with Gasteiger partial charge in [0, 0.05) is 22.3 Å². The lowest BCUT2D eigenvalue weighted by Gasteiger charge is -2.07. The van der Waals surface area contributed by atoms with Gasteiger partial charge in [-0.15, -0.1) is 0 Å². The highest BCUT2D eigenvalue weighted by Gasteiger charge is 2.21. The molecule has 0 amide bonds. The first-order chi connectivity index (χ1) is 9.04. The molecule has 0 atom stereocenters. The Hall–Kier alpha value is -2.02. The van der Waals surface area contributed by atoms with Crippen molar-refractivity contribution in [2.24, 2.45) is 0 Å². The maximum atomic E-state index is 14.1. The Kier molecular flexibility index (Phi) is 3.75. The van der Waals surface area contributed by atoms with Gasteiger partial charge >= 0.3 is 0 Å². The Balaban J connectivity index is 2.69. The minimum absolute atomic E-state index is 0.0107. The molecule has 0 N–H and O–H groups in total. The molecule has 0 aliphatic rings. The highest BCUT2D eigenvalue weighted by molar-refractivity contribution is 9.10. The van der Waals surface area contributed by atoms with Crippen molar-refractivity contribution in [3.63, 3.8) is 0 Å². The van der Waals surface area contributed by atoms with Gasteiger partial charge in [-0.3, -0.25) is 10.1 Å². The molecule has 1 aromatic carbocycles. The van der Waals surface area contributed by atoms with Crippen LogP contribution in [0.25, 0.3) is 11.3 Å². The zero-order valence-electron chi connectivity index (χ0n) is 9.76. The van der Waals surface area contributed by atoms with Crippen LogP contribution in [0.15, 0.2) is 34.9 Å². The fourth-order valence-electron chi connectivity index (χ4n) is 1.63. The van der Waals surface area contributed by atoms with Crippen molar-refractivity contribution in [1.29, 1.82) is 0 Å². The van der Waals surface area contributed by atoms with Crippen molar-refractivity contribution in [2.75, 3.05) is 7.11 Å². The van der Waals surface area contributed by atoms with Crippen LogP contribution in [0.2, 0.25) is 0 Å². The second kappa shape index (κ2) is 5.31. The van der Waals surface area contributed by atoms with Gasteiger partial charge in [-0.1, -0.05) is 6.07 Å². The Labute approximate surface area is 116 Å². The number of nitro groups is 1. The van der Waals surface area contributed by atoms with E-state index in [1.54, 1.807) is 6.07 Å². The Morgan fingerprint density at radius 2 is 2.21 bits per heavy atom. The van der Waals surface area contributed by atoms with Gasteiger partial charge in [0.15, 0.2) is 17.3 Å². The first kappa shape index (κ1) is 13.4. The Morgan fingerprint density at radius 3 is 2.84 bits per heavy atom. The van der Waals surface area contributed by atoms with Crippen LogP contribution in [0.4, 0.5) is 10.1 Å². The van der Waals surface area contributed by atoms with Gasteiger partial charge in [0.25, 0.3) is 5.69 Å². The van der Waals surface area contributed by atoms with Crippen LogP contribution in [0, 0.1) is 15.9 Å². The molecule has 1 heterocycles. The van der Waals surface area contributed by atoms with Crippen LogP contribution in [0.1, 0.15) is 0 Å². The predicted molar refractivity (Wildman–Crippen MR) is 70.5 cm³/mol. The fourth-order valence-corrected chi connectivity index (χ4v) is 1.95. The summed E-state index contributed by atoms with van der Waals surface area (Å²) in [6.45, 7) is 0. The van der Waals surface area contributed by atoms with Gasteiger partial charge in [-0.2, -0.15) is 0 Å². The number of pyridine rings is 1. The molecule has 2 rings (SSSR count). The van der Waals surface area contributed by atoms with E-state index in [2.05, 4.69) is 20.9 Å². The summed E-state index contributed by atoms with van der Waals surface area (Å²) < 4.78 is 19.4. The van der Waals surface area contributed by atoms with Crippen LogP contribution in [-0.2, 0) is 0 Å². The third-order valence-corrected chi connectivity index (χ3v) is 2.90. The summed E-state index contributed by atoms with van der Waals surface area (Å²) in [5.74, 6) is -0.667. The number of nitrogens with zero attached hydrogens (tertiary/aromatic N) is 2. The number of methoxy groups -OCH3 is 1. The number of halogens is 2. The molecule has 0 fully saturated rings. The lowest BCUT2D eigenvalue weighted by Crippen LogP contribution is -1.98. The Bertz CT molecular complexity index is 649. The average molecular weight is 327 g/mol. The normalized spacial score (nSPS) is 10.3. The molecule has 19 heavy (non-hydrogen) atoms. The fraction of sp³-hybridized carbons (Fsp3) is 0.0833. The second-order valence-corrected chi connectivity index (χ2v) is 4.52. The van der Waals surface area contributed by atoms with Crippen molar-refractivity contribution in [3.05, 3.63) is 50.9 Å². The summed E-state index contributed by atoms with van der Waals surface area (Å²) in [7, 11) is 1.33. The molecular formula is C12H8BrFN2O3. The van der Waals surface area contributed by atoms with Crippen molar-refractivity contribution in [3.8, 4) is 17.0 Å². The van der Waals surface area contributed by atoms with Gasteiger partial charge in [-0.05, 0) is 28.1 Å². The van der Waals surface area contributed by atoms with Crippen LogP contribution in [0.3, 0.4) is 0 Å². The Morgan fingerprint density at radius 1 is 1.47 bits per heavy atom.